The van der Waals surface area contributed by atoms with Gasteiger partial charge in [-0.25, -0.2) is 18.6 Å². The van der Waals surface area contributed by atoms with Crippen LogP contribution in [0.2, 0.25) is 0 Å². The second-order valence-electron chi connectivity index (χ2n) is 12.3. The van der Waals surface area contributed by atoms with Crippen molar-refractivity contribution >= 4 is 34.5 Å². The fraction of sp³-hybridized carbons (Fsp3) is 0.500. The molecule has 1 aliphatic heterocycles. The second kappa shape index (κ2) is 13.7. The van der Waals surface area contributed by atoms with Crippen molar-refractivity contribution in [1.29, 1.82) is 0 Å². The maximum Gasteiger partial charge on any atom is 0.410 e. The zero-order valence-electron chi connectivity index (χ0n) is 26.6. The number of fused-ring (bicyclic) bond motifs is 1. The smallest absolute Gasteiger partial charge is 0.410 e. The van der Waals surface area contributed by atoms with Crippen molar-refractivity contribution < 1.29 is 27.8 Å². The van der Waals surface area contributed by atoms with Crippen molar-refractivity contribution in [3.05, 3.63) is 59.3 Å². The largest absolute Gasteiger partial charge is 0.444 e. The van der Waals surface area contributed by atoms with Gasteiger partial charge in [-0.15, -0.1) is 0 Å². The zero-order chi connectivity index (χ0) is 32.2. The van der Waals surface area contributed by atoms with E-state index in [1.807, 2.05) is 34.6 Å². The average molecular weight is 613 g/mol. The molecule has 0 bridgehead atoms. The number of aromatic nitrogens is 2. The molecule has 238 valence electrons. The molecule has 4 rings (SSSR count). The Hall–Kier alpha value is -4.06. The van der Waals surface area contributed by atoms with Crippen molar-refractivity contribution in [3.63, 3.8) is 0 Å². The van der Waals surface area contributed by atoms with Gasteiger partial charge in [0.2, 0.25) is 0 Å². The lowest BCUT2D eigenvalue weighted by molar-refractivity contribution is 0.0173. The van der Waals surface area contributed by atoms with E-state index >= 15 is 0 Å². The first-order chi connectivity index (χ1) is 20.7. The molecular weight excluding hydrogens is 570 g/mol. The number of morpholine rings is 1. The zero-order valence-corrected chi connectivity index (χ0v) is 26.6. The highest BCUT2D eigenvalue weighted by Gasteiger charge is 2.26. The Morgan fingerprint density at radius 3 is 2.30 bits per heavy atom. The molecule has 3 aromatic rings. The number of hydrogen-bond donors (Lipinski definition) is 0. The van der Waals surface area contributed by atoms with E-state index in [1.54, 1.807) is 47.1 Å². The minimum atomic E-state index is -0.667. The lowest BCUT2D eigenvalue weighted by Gasteiger charge is -2.31. The summed E-state index contributed by atoms with van der Waals surface area (Å²) < 4.78 is 39.0. The molecule has 0 aliphatic carbocycles. The quantitative estimate of drug-likeness (QED) is 0.330. The molecule has 2 heterocycles. The number of halogens is 2. The Balaban J connectivity index is 1.64. The monoisotopic (exact) mass is 612 g/mol. The van der Waals surface area contributed by atoms with Crippen molar-refractivity contribution in [2.75, 3.05) is 63.3 Å². The minimum Gasteiger partial charge on any atom is -0.444 e. The first-order valence-corrected chi connectivity index (χ1v) is 14.8. The van der Waals surface area contributed by atoms with Crippen LogP contribution in [-0.2, 0) is 16.0 Å². The third-order valence-electron chi connectivity index (χ3n) is 7.22. The summed E-state index contributed by atoms with van der Waals surface area (Å²) in [4.78, 5) is 43.1. The molecule has 12 heteroatoms. The van der Waals surface area contributed by atoms with Crippen LogP contribution in [0.25, 0.3) is 11.0 Å². The van der Waals surface area contributed by atoms with E-state index in [4.69, 9.17) is 14.5 Å². The first kappa shape index (κ1) is 32.8. The third-order valence-corrected chi connectivity index (χ3v) is 7.22. The summed E-state index contributed by atoms with van der Waals surface area (Å²) >= 11 is 0. The van der Waals surface area contributed by atoms with Crippen LogP contribution in [0.1, 0.15) is 50.5 Å². The van der Waals surface area contributed by atoms with Crippen LogP contribution in [-0.4, -0.2) is 96.9 Å². The molecule has 1 saturated heterocycles. The van der Waals surface area contributed by atoms with E-state index < -0.39 is 23.3 Å². The number of nitrogens with zero attached hydrogens (tertiary/aromatic N) is 6. The highest BCUT2D eigenvalue weighted by molar-refractivity contribution is 6.01. The molecule has 44 heavy (non-hydrogen) atoms. The Kier molecular flexibility index (Phi) is 10.2. The van der Waals surface area contributed by atoms with Gasteiger partial charge in [0, 0.05) is 64.5 Å². The highest BCUT2D eigenvalue weighted by atomic mass is 19.1. The van der Waals surface area contributed by atoms with Gasteiger partial charge < -0.3 is 29.1 Å². The van der Waals surface area contributed by atoms with Gasteiger partial charge in [0.15, 0.2) is 0 Å². The summed E-state index contributed by atoms with van der Waals surface area (Å²) in [6.07, 6.45) is 1.24. The normalized spacial score (nSPS) is 13.7. The van der Waals surface area contributed by atoms with Crippen molar-refractivity contribution in [3.8, 4) is 0 Å². The molecule has 0 unspecified atom stereocenters. The summed E-state index contributed by atoms with van der Waals surface area (Å²) in [5.74, 6) is -0.926. The summed E-state index contributed by atoms with van der Waals surface area (Å²) in [6.45, 7) is 12.4. The number of amides is 2. The topological polar surface area (TPSA) is 91.3 Å². The first-order valence-electron chi connectivity index (χ1n) is 14.8. The number of ether oxygens (including phenoxy) is 2. The lowest BCUT2D eigenvalue weighted by Crippen LogP contribution is -2.45. The molecule has 0 spiro atoms. The van der Waals surface area contributed by atoms with Gasteiger partial charge in [0.25, 0.3) is 5.91 Å². The molecule has 0 N–H and O–H groups in total. The van der Waals surface area contributed by atoms with E-state index in [1.165, 1.54) is 12.1 Å². The van der Waals surface area contributed by atoms with Gasteiger partial charge in [-0.3, -0.25) is 9.78 Å². The van der Waals surface area contributed by atoms with Crippen molar-refractivity contribution in [2.24, 2.45) is 0 Å². The SMILES string of the molecule is CC(C)N(CCN(C)C(=O)c1cc(N(C)Cc2cc(F)cc(F)c2)c2nc(N3CCOCC3)cnc2c1)C(=O)OC(C)(C)C. The molecule has 0 saturated carbocycles. The fourth-order valence-electron chi connectivity index (χ4n) is 4.97. The van der Waals surface area contributed by atoms with Crippen LogP contribution in [0.3, 0.4) is 0 Å². The van der Waals surface area contributed by atoms with Crippen molar-refractivity contribution in [1.82, 2.24) is 19.8 Å². The number of benzene rings is 2. The van der Waals surface area contributed by atoms with E-state index in [0.717, 1.165) is 6.07 Å². The Morgan fingerprint density at radius 1 is 1.02 bits per heavy atom. The Bertz CT molecular complexity index is 1470. The second-order valence-corrected chi connectivity index (χ2v) is 12.3. The number of hydrogen-bond acceptors (Lipinski definition) is 8. The predicted molar refractivity (Wildman–Crippen MR) is 166 cm³/mol. The highest BCUT2D eigenvalue weighted by Crippen LogP contribution is 2.30. The standard InChI is InChI=1S/C32H42F2N6O4/c1-21(2)40(31(42)44-32(3,4)5)9-8-37(6)30(41)23-16-26-29(36-28(19-35-26)39-10-12-43-13-11-39)27(17-23)38(7)20-22-14-24(33)18-25(34)15-22/h14-19,21H,8-13,20H2,1-7H3. The van der Waals surface area contributed by atoms with Gasteiger partial charge in [-0.1, -0.05) is 0 Å². The molecule has 0 radical (unpaired) electrons. The van der Waals surface area contributed by atoms with Crippen LogP contribution in [0.5, 0.6) is 0 Å². The maximum atomic E-state index is 14.0. The number of rotatable bonds is 9. The molecule has 2 amide bonds. The number of anilines is 2. The summed E-state index contributed by atoms with van der Waals surface area (Å²) in [5.41, 5.74) is 1.81. The summed E-state index contributed by atoms with van der Waals surface area (Å²) in [5, 5.41) is 0. The Labute approximate surface area is 257 Å². The van der Waals surface area contributed by atoms with E-state index in [2.05, 4.69) is 9.88 Å². The number of carbonyl (C=O) groups excluding carboxylic acids is 2. The van der Waals surface area contributed by atoms with Gasteiger partial charge in [0.1, 0.15) is 28.6 Å². The molecule has 0 atom stereocenters. The van der Waals surface area contributed by atoms with Gasteiger partial charge in [-0.2, -0.15) is 0 Å². The Morgan fingerprint density at radius 2 is 1.68 bits per heavy atom. The summed E-state index contributed by atoms with van der Waals surface area (Å²) in [6, 6.07) is 6.68. The van der Waals surface area contributed by atoms with Gasteiger partial charge >= 0.3 is 6.09 Å². The maximum absolute atomic E-state index is 14.0. The molecule has 10 nitrogen and oxygen atoms in total. The molecule has 2 aromatic carbocycles. The number of likely N-dealkylation sites (N-methyl/N-ethyl adjacent to an activating group) is 1. The van der Waals surface area contributed by atoms with Crippen LogP contribution in [0.4, 0.5) is 25.1 Å². The van der Waals surface area contributed by atoms with Crippen LogP contribution < -0.4 is 9.80 Å². The molecular formula is C32H42F2N6O4. The van der Waals surface area contributed by atoms with Crippen LogP contribution in [0.15, 0.2) is 36.5 Å². The van der Waals surface area contributed by atoms with Crippen LogP contribution in [0, 0.1) is 11.6 Å². The van der Waals surface area contributed by atoms with Gasteiger partial charge in [-0.05, 0) is 64.4 Å². The molecule has 1 fully saturated rings. The number of carbonyl (C=O) groups is 2. The molecule has 1 aliphatic rings. The predicted octanol–water partition coefficient (Wildman–Crippen LogP) is 5.10. The van der Waals surface area contributed by atoms with Gasteiger partial charge in [0.05, 0.1) is 30.6 Å². The van der Waals surface area contributed by atoms with E-state index in [-0.39, 0.29) is 31.6 Å². The lowest BCUT2D eigenvalue weighted by atomic mass is 10.1. The minimum absolute atomic E-state index is 0.127. The van der Waals surface area contributed by atoms with Crippen LogP contribution >= 0.6 is 0 Å². The third kappa shape index (κ3) is 8.31. The average Bonchev–Trinajstić information content (AvgIpc) is 2.94. The van der Waals surface area contributed by atoms with Crippen molar-refractivity contribution in [2.45, 2.75) is 52.8 Å². The summed E-state index contributed by atoms with van der Waals surface area (Å²) in [7, 11) is 3.45. The molecule has 1 aromatic heterocycles. The van der Waals surface area contributed by atoms with E-state index in [0.29, 0.717) is 60.0 Å². The fourth-order valence-corrected chi connectivity index (χ4v) is 4.97. The van der Waals surface area contributed by atoms with E-state index in [9.17, 15) is 18.4 Å².